The molecule has 0 fully saturated rings. The number of nitro groups is 1. The van der Waals surface area contributed by atoms with Gasteiger partial charge in [0, 0.05) is 29.4 Å². The molecule has 0 saturated carbocycles. The van der Waals surface area contributed by atoms with E-state index in [9.17, 15) is 14.9 Å². The summed E-state index contributed by atoms with van der Waals surface area (Å²) in [5.74, 6) is -0.362. The first-order valence-electron chi connectivity index (χ1n) is 8.00. The molecular weight excluding hydrogens is 368 g/mol. The molecule has 0 saturated heterocycles. The van der Waals surface area contributed by atoms with Crippen LogP contribution in [0.25, 0.3) is 6.08 Å². The fourth-order valence-electron chi connectivity index (χ4n) is 2.41. The van der Waals surface area contributed by atoms with Crippen molar-refractivity contribution < 1.29 is 9.72 Å². The maximum absolute atomic E-state index is 12.0. The van der Waals surface area contributed by atoms with E-state index in [2.05, 4.69) is 10.4 Å². The van der Waals surface area contributed by atoms with Crippen LogP contribution in [0.15, 0.2) is 67.0 Å². The fraction of sp³-hybridized carbons (Fsp3) is 0.0526. The van der Waals surface area contributed by atoms with Crippen LogP contribution in [0.5, 0.6) is 0 Å². The predicted octanol–water partition coefficient (Wildman–Crippen LogP) is 4.14. The molecule has 3 rings (SSSR count). The van der Waals surface area contributed by atoms with Gasteiger partial charge in [-0.05, 0) is 23.3 Å². The topological polar surface area (TPSA) is 90.1 Å². The van der Waals surface area contributed by atoms with Gasteiger partial charge in [0.2, 0.25) is 5.91 Å². The van der Waals surface area contributed by atoms with Gasteiger partial charge in [0.15, 0.2) is 0 Å². The fourth-order valence-corrected chi connectivity index (χ4v) is 2.61. The zero-order valence-corrected chi connectivity index (χ0v) is 14.8. The summed E-state index contributed by atoms with van der Waals surface area (Å²) in [4.78, 5) is 22.3. The molecule has 136 valence electrons. The lowest BCUT2D eigenvalue weighted by Gasteiger charge is -2.03. The van der Waals surface area contributed by atoms with E-state index in [4.69, 9.17) is 11.6 Å². The molecule has 0 radical (unpaired) electrons. The molecule has 2 aromatic carbocycles. The summed E-state index contributed by atoms with van der Waals surface area (Å²) in [5, 5.41) is 18.3. The largest absolute Gasteiger partial charge is 0.320 e. The molecule has 1 heterocycles. The molecule has 0 atom stereocenters. The van der Waals surface area contributed by atoms with Crippen LogP contribution in [-0.2, 0) is 11.3 Å². The Morgan fingerprint density at radius 3 is 2.85 bits per heavy atom. The molecule has 0 bridgehead atoms. The summed E-state index contributed by atoms with van der Waals surface area (Å²) in [6.45, 7) is 0.485. The second-order valence-electron chi connectivity index (χ2n) is 5.69. The molecule has 7 nitrogen and oxygen atoms in total. The van der Waals surface area contributed by atoms with Gasteiger partial charge in [0.05, 0.1) is 23.4 Å². The van der Waals surface area contributed by atoms with E-state index in [1.807, 2.05) is 24.3 Å². The Kier molecular flexibility index (Phi) is 5.63. The van der Waals surface area contributed by atoms with Crippen LogP contribution in [0.4, 0.5) is 11.4 Å². The van der Waals surface area contributed by atoms with E-state index >= 15 is 0 Å². The summed E-state index contributed by atoms with van der Waals surface area (Å²) in [6.07, 6.45) is 6.05. The van der Waals surface area contributed by atoms with Crippen LogP contribution in [-0.4, -0.2) is 20.6 Å². The highest BCUT2D eigenvalue weighted by Crippen LogP contribution is 2.17. The Bertz CT molecular complexity index is 1010. The number of benzene rings is 2. The SMILES string of the molecule is O=C(/C=C/c1cccc([N+](=O)[O-])c1)Nc1cnn(Cc2ccccc2Cl)c1. The number of carbonyl (C=O) groups is 1. The molecule has 0 aliphatic carbocycles. The molecule has 1 N–H and O–H groups in total. The molecule has 1 aromatic heterocycles. The van der Waals surface area contributed by atoms with Crippen LogP contribution in [0, 0.1) is 10.1 Å². The minimum atomic E-state index is -0.481. The van der Waals surface area contributed by atoms with E-state index in [1.54, 1.807) is 23.0 Å². The van der Waals surface area contributed by atoms with Gasteiger partial charge in [-0.15, -0.1) is 0 Å². The van der Waals surface area contributed by atoms with Crippen molar-refractivity contribution in [3.05, 3.63) is 93.3 Å². The molecule has 3 aromatic rings. The van der Waals surface area contributed by atoms with Gasteiger partial charge in [-0.3, -0.25) is 19.6 Å². The summed E-state index contributed by atoms with van der Waals surface area (Å²) in [5.41, 5.74) is 1.99. The number of carbonyl (C=O) groups excluding carboxylic acids is 1. The average molecular weight is 383 g/mol. The standard InChI is InChI=1S/C19H15ClN4O3/c20-18-7-2-1-5-15(18)12-23-13-16(11-21-23)22-19(25)9-8-14-4-3-6-17(10-14)24(26)27/h1-11,13H,12H2,(H,22,25)/b9-8+. The van der Waals surface area contributed by atoms with Crippen LogP contribution < -0.4 is 5.32 Å². The predicted molar refractivity (Wildman–Crippen MR) is 104 cm³/mol. The molecule has 8 heteroatoms. The van der Waals surface area contributed by atoms with Gasteiger partial charge < -0.3 is 5.32 Å². The number of non-ortho nitro benzene ring substituents is 1. The van der Waals surface area contributed by atoms with Crippen molar-refractivity contribution >= 4 is 35.0 Å². The summed E-state index contributed by atoms with van der Waals surface area (Å²) in [7, 11) is 0. The number of nitro benzene ring substituents is 1. The number of rotatable bonds is 6. The van der Waals surface area contributed by atoms with Gasteiger partial charge in [0.1, 0.15) is 0 Å². The number of nitrogens with zero attached hydrogens (tertiary/aromatic N) is 3. The minimum Gasteiger partial charge on any atom is -0.320 e. The molecule has 1 amide bonds. The van der Waals surface area contributed by atoms with Gasteiger partial charge in [-0.1, -0.05) is 41.9 Å². The molecule has 0 aliphatic heterocycles. The molecule has 0 spiro atoms. The Hall–Kier alpha value is -3.45. The Morgan fingerprint density at radius 2 is 2.07 bits per heavy atom. The maximum atomic E-state index is 12.0. The summed E-state index contributed by atoms with van der Waals surface area (Å²) < 4.78 is 1.67. The van der Waals surface area contributed by atoms with E-state index in [0.29, 0.717) is 22.8 Å². The van der Waals surface area contributed by atoms with Crippen LogP contribution in [0.3, 0.4) is 0 Å². The number of anilines is 1. The zero-order chi connectivity index (χ0) is 19.2. The van der Waals surface area contributed by atoms with Crippen LogP contribution >= 0.6 is 11.6 Å². The Morgan fingerprint density at radius 1 is 1.26 bits per heavy atom. The first-order chi connectivity index (χ1) is 13.0. The van der Waals surface area contributed by atoms with Crippen LogP contribution in [0.2, 0.25) is 5.02 Å². The molecule has 0 aliphatic rings. The zero-order valence-electron chi connectivity index (χ0n) is 14.1. The van der Waals surface area contributed by atoms with Crippen LogP contribution in [0.1, 0.15) is 11.1 Å². The van der Waals surface area contributed by atoms with E-state index < -0.39 is 4.92 Å². The van der Waals surface area contributed by atoms with Crippen molar-refractivity contribution in [2.45, 2.75) is 6.54 Å². The highest BCUT2D eigenvalue weighted by molar-refractivity contribution is 6.31. The quantitative estimate of drug-likeness (QED) is 0.394. The highest BCUT2D eigenvalue weighted by atomic mass is 35.5. The molecular formula is C19H15ClN4O3. The Labute approximate surface area is 160 Å². The highest BCUT2D eigenvalue weighted by Gasteiger charge is 2.06. The maximum Gasteiger partial charge on any atom is 0.270 e. The first kappa shape index (κ1) is 18.3. The minimum absolute atomic E-state index is 0.0293. The van der Waals surface area contributed by atoms with Gasteiger partial charge >= 0.3 is 0 Å². The lowest BCUT2D eigenvalue weighted by atomic mass is 10.2. The number of amides is 1. The lowest BCUT2D eigenvalue weighted by Crippen LogP contribution is -2.07. The van der Waals surface area contributed by atoms with Gasteiger partial charge in [-0.25, -0.2) is 0 Å². The van der Waals surface area contributed by atoms with E-state index in [1.165, 1.54) is 30.5 Å². The third-order valence-electron chi connectivity index (χ3n) is 3.70. The molecule has 27 heavy (non-hydrogen) atoms. The van der Waals surface area contributed by atoms with Crippen molar-refractivity contribution in [2.75, 3.05) is 5.32 Å². The summed E-state index contributed by atoms with van der Waals surface area (Å²) >= 11 is 6.13. The monoisotopic (exact) mass is 382 g/mol. The number of halogens is 1. The van der Waals surface area contributed by atoms with Crippen molar-refractivity contribution in [3.63, 3.8) is 0 Å². The van der Waals surface area contributed by atoms with Crippen molar-refractivity contribution in [2.24, 2.45) is 0 Å². The van der Waals surface area contributed by atoms with Gasteiger partial charge in [-0.2, -0.15) is 5.10 Å². The first-order valence-corrected chi connectivity index (χ1v) is 8.38. The van der Waals surface area contributed by atoms with Gasteiger partial charge in [0.25, 0.3) is 5.69 Å². The van der Waals surface area contributed by atoms with E-state index in [-0.39, 0.29) is 11.6 Å². The van der Waals surface area contributed by atoms with E-state index in [0.717, 1.165) is 5.56 Å². The second kappa shape index (κ2) is 8.29. The third-order valence-corrected chi connectivity index (χ3v) is 4.07. The third kappa shape index (κ3) is 5.02. The van der Waals surface area contributed by atoms with Crippen molar-refractivity contribution in [3.8, 4) is 0 Å². The Balaban J connectivity index is 1.62. The van der Waals surface area contributed by atoms with Crippen molar-refractivity contribution in [1.29, 1.82) is 0 Å². The number of hydrogen-bond acceptors (Lipinski definition) is 4. The number of aromatic nitrogens is 2. The number of nitrogens with one attached hydrogen (secondary N) is 1. The average Bonchev–Trinajstić information content (AvgIpc) is 3.09. The summed E-state index contributed by atoms with van der Waals surface area (Å²) in [6, 6.07) is 13.5. The normalized spacial score (nSPS) is 10.9. The second-order valence-corrected chi connectivity index (χ2v) is 6.10. The molecule has 0 unspecified atom stereocenters. The smallest absolute Gasteiger partial charge is 0.270 e. The van der Waals surface area contributed by atoms with Crippen molar-refractivity contribution in [1.82, 2.24) is 9.78 Å². The number of hydrogen-bond donors (Lipinski definition) is 1. The lowest BCUT2D eigenvalue weighted by molar-refractivity contribution is -0.384.